The van der Waals surface area contributed by atoms with Crippen molar-refractivity contribution < 1.29 is 16.8 Å². The van der Waals surface area contributed by atoms with Crippen LogP contribution in [0.3, 0.4) is 0 Å². The van der Waals surface area contributed by atoms with Crippen molar-refractivity contribution in [3.05, 3.63) is 29.8 Å². The van der Waals surface area contributed by atoms with E-state index in [4.69, 9.17) is 5.14 Å². The maximum absolute atomic E-state index is 11.2. The molecule has 1 aromatic carbocycles. The quantitative estimate of drug-likeness (QED) is 0.740. The van der Waals surface area contributed by atoms with Gasteiger partial charge in [0, 0.05) is 6.54 Å². The van der Waals surface area contributed by atoms with Crippen molar-refractivity contribution in [3.63, 3.8) is 0 Å². The lowest BCUT2D eigenvalue weighted by atomic mass is 10.2. The first-order valence-electron chi connectivity index (χ1n) is 4.40. The number of rotatable bonds is 5. The van der Waals surface area contributed by atoms with Crippen LogP contribution in [0, 0.1) is 0 Å². The van der Waals surface area contributed by atoms with Gasteiger partial charge in [0.1, 0.15) is 4.66 Å². The minimum Gasteiger partial charge on any atom is -0.225 e. The molecule has 0 saturated carbocycles. The minimum atomic E-state index is -3.77. The van der Waals surface area contributed by atoms with E-state index in [2.05, 4.69) is 20.7 Å². The zero-order chi connectivity index (χ0) is 13.1. The molecule has 1 aromatic rings. The number of nitrogens with one attached hydrogen (secondary N) is 1. The number of halogens is 1. The Morgan fingerprint density at radius 1 is 1.24 bits per heavy atom. The topological polar surface area (TPSA) is 106 Å². The summed E-state index contributed by atoms with van der Waals surface area (Å²) in [6.07, 6.45) is 0. The molecule has 0 fully saturated rings. The van der Waals surface area contributed by atoms with Gasteiger partial charge < -0.3 is 0 Å². The molecule has 17 heavy (non-hydrogen) atoms. The van der Waals surface area contributed by atoms with E-state index in [0.717, 1.165) is 0 Å². The third-order valence-electron chi connectivity index (χ3n) is 1.87. The number of primary sulfonamides is 1. The average Bonchev–Trinajstić information content (AvgIpc) is 2.26. The Morgan fingerprint density at radius 2 is 1.88 bits per heavy atom. The molecule has 9 heteroatoms. The molecule has 0 saturated heterocycles. The number of hydrogen-bond donors (Lipinski definition) is 2. The average molecular weight is 343 g/mol. The molecule has 0 radical (unpaired) electrons. The Labute approximate surface area is 108 Å². The molecule has 0 heterocycles. The molecule has 0 amide bonds. The SMILES string of the molecule is NS(=O)(=O)c1cccc(CNS(=O)(=O)CBr)c1. The fourth-order valence-corrected chi connectivity index (χ4v) is 2.60. The van der Waals surface area contributed by atoms with E-state index in [9.17, 15) is 16.8 Å². The first-order valence-corrected chi connectivity index (χ1v) is 8.72. The Kier molecular flexibility index (Phi) is 4.67. The summed E-state index contributed by atoms with van der Waals surface area (Å²) in [6.45, 7) is 0.0112. The minimum absolute atomic E-state index is 0.0112. The molecular formula is C8H11BrN2O4S2. The molecule has 0 unspecified atom stereocenters. The highest BCUT2D eigenvalue weighted by atomic mass is 79.9. The molecule has 0 atom stereocenters. The summed E-state index contributed by atoms with van der Waals surface area (Å²) in [5.74, 6) is 0. The second kappa shape index (κ2) is 5.44. The number of hydrogen-bond acceptors (Lipinski definition) is 4. The van der Waals surface area contributed by atoms with Crippen LogP contribution >= 0.6 is 15.9 Å². The fourth-order valence-electron chi connectivity index (χ4n) is 1.06. The number of benzene rings is 1. The van der Waals surface area contributed by atoms with E-state index in [1.165, 1.54) is 18.2 Å². The van der Waals surface area contributed by atoms with Gasteiger partial charge in [-0.15, -0.1) is 0 Å². The van der Waals surface area contributed by atoms with Crippen LogP contribution in [0.25, 0.3) is 0 Å². The standard InChI is InChI=1S/C8H11BrN2O4S2/c9-6-16(12,13)11-5-7-2-1-3-8(4-7)17(10,14)15/h1-4,11H,5-6H2,(H2,10,14,15). The largest absolute Gasteiger partial charge is 0.238 e. The van der Waals surface area contributed by atoms with Gasteiger partial charge in [0.15, 0.2) is 0 Å². The van der Waals surface area contributed by atoms with Gasteiger partial charge in [-0.2, -0.15) is 0 Å². The van der Waals surface area contributed by atoms with E-state index < -0.39 is 20.0 Å². The van der Waals surface area contributed by atoms with Crippen molar-refractivity contribution in [2.24, 2.45) is 5.14 Å². The smallest absolute Gasteiger partial charge is 0.225 e. The molecule has 0 spiro atoms. The lowest BCUT2D eigenvalue weighted by Crippen LogP contribution is -2.24. The molecule has 1 rings (SSSR count). The summed E-state index contributed by atoms with van der Waals surface area (Å²) in [6, 6.07) is 5.77. The molecule has 0 aromatic heterocycles. The van der Waals surface area contributed by atoms with Gasteiger partial charge in [0.2, 0.25) is 20.0 Å². The van der Waals surface area contributed by atoms with Crippen LogP contribution in [0.15, 0.2) is 29.2 Å². The van der Waals surface area contributed by atoms with Crippen LogP contribution < -0.4 is 9.86 Å². The van der Waals surface area contributed by atoms with E-state index in [0.29, 0.717) is 5.56 Å². The lowest BCUT2D eigenvalue weighted by Gasteiger charge is -2.05. The van der Waals surface area contributed by atoms with Crippen LogP contribution in [0.4, 0.5) is 0 Å². The highest BCUT2D eigenvalue weighted by Gasteiger charge is 2.10. The molecule has 0 aliphatic carbocycles. The van der Waals surface area contributed by atoms with Crippen molar-refractivity contribution in [1.82, 2.24) is 4.72 Å². The van der Waals surface area contributed by atoms with Crippen molar-refractivity contribution >= 4 is 36.0 Å². The van der Waals surface area contributed by atoms with E-state index in [-0.39, 0.29) is 16.1 Å². The lowest BCUT2D eigenvalue weighted by molar-refractivity contribution is 0.586. The van der Waals surface area contributed by atoms with Crippen molar-refractivity contribution in [3.8, 4) is 0 Å². The molecule has 96 valence electrons. The van der Waals surface area contributed by atoms with Crippen molar-refractivity contribution in [2.45, 2.75) is 11.4 Å². The summed E-state index contributed by atoms with van der Waals surface area (Å²) < 4.78 is 46.5. The third kappa shape index (κ3) is 4.72. The zero-order valence-corrected chi connectivity index (χ0v) is 11.8. The maximum atomic E-state index is 11.2. The van der Waals surface area contributed by atoms with Crippen molar-refractivity contribution in [1.29, 1.82) is 0 Å². The third-order valence-corrected chi connectivity index (χ3v) is 5.46. The van der Waals surface area contributed by atoms with Crippen LogP contribution in [-0.2, 0) is 26.6 Å². The highest BCUT2D eigenvalue weighted by Crippen LogP contribution is 2.10. The number of sulfonamides is 2. The van der Waals surface area contributed by atoms with Crippen LogP contribution in [0.1, 0.15) is 5.56 Å². The van der Waals surface area contributed by atoms with Gasteiger partial charge in [-0.3, -0.25) is 0 Å². The zero-order valence-electron chi connectivity index (χ0n) is 8.63. The van der Waals surface area contributed by atoms with Crippen molar-refractivity contribution in [2.75, 3.05) is 4.66 Å². The predicted octanol–water partition coefficient (Wildman–Crippen LogP) is 0.106. The first kappa shape index (κ1) is 14.6. The van der Waals surface area contributed by atoms with Gasteiger partial charge in [0.05, 0.1) is 4.90 Å². The van der Waals surface area contributed by atoms with Gasteiger partial charge in [-0.25, -0.2) is 26.7 Å². The molecule has 3 N–H and O–H groups in total. The molecule has 6 nitrogen and oxygen atoms in total. The Morgan fingerprint density at radius 3 is 2.41 bits per heavy atom. The van der Waals surface area contributed by atoms with Crippen LogP contribution in [0.2, 0.25) is 0 Å². The normalized spacial score (nSPS) is 12.6. The number of alkyl halides is 1. The van der Waals surface area contributed by atoms with E-state index in [1.54, 1.807) is 6.07 Å². The van der Waals surface area contributed by atoms with Gasteiger partial charge >= 0.3 is 0 Å². The molecule has 0 aliphatic heterocycles. The predicted molar refractivity (Wildman–Crippen MR) is 67.4 cm³/mol. The monoisotopic (exact) mass is 342 g/mol. The summed E-state index contributed by atoms with van der Waals surface area (Å²) in [5, 5.41) is 4.96. The molecule has 0 aliphatic rings. The summed E-state index contributed by atoms with van der Waals surface area (Å²) in [5.41, 5.74) is 0.515. The molecule has 0 bridgehead atoms. The fraction of sp³-hybridized carbons (Fsp3) is 0.250. The van der Waals surface area contributed by atoms with Gasteiger partial charge in [-0.1, -0.05) is 28.1 Å². The Hall–Kier alpha value is -0.480. The van der Waals surface area contributed by atoms with Crippen LogP contribution in [0.5, 0.6) is 0 Å². The summed E-state index contributed by atoms with van der Waals surface area (Å²) >= 11 is 2.82. The first-order chi connectivity index (χ1) is 7.74. The second-order valence-corrected chi connectivity index (χ2v) is 7.91. The molecular weight excluding hydrogens is 332 g/mol. The van der Waals surface area contributed by atoms with Gasteiger partial charge in [-0.05, 0) is 17.7 Å². The van der Waals surface area contributed by atoms with Gasteiger partial charge in [0.25, 0.3) is 0 Å². The number of nitrogens with two attached hydrogens (primary N) is 1. The van der Waals surface area contributed by atoms with E-state index >= 15 is 0 Å². The Bertz CT molecular complexity index is 598. The van der Waals surface area contributed by atoms with Crippen LogP contribution in [-0.4, -0.2) is 21.5 Å². The highest BCUT2D eigenvalue weighted by molar-refractivity contribution is 9.10. The Balaban J connectivity index is 2.88. The second-order valence-electron chi connectivity index (χ2n) is 3.24. The van der Waals surface area contributed by atoms with E-state index in [1.807, 2.05) is 0 Å². The maximum Gasteiger partial charge on any atom is 0.238 e. The summed E-state index contributed by atoms with van der Waals surface area (Å²) in [7, 11) is -7.15. The summed E-state index contributed by atoms with van der Waals surface area (Å²) in [4.78, 5) is -0.0481.